The Hall–Kier alpha value is -1.89. The fourth-order valence-electron chi connectivity index (χ4n) is 2.04. The normalized spacial score (nSPS) is 11.0. The van der Waals surface area contributed by atoms with Crippen LogP contribution in [-0.2, 0) is 6.54 Å². The number of carbonyl (C=O) groups is 1. The van der Waals surface area contributed by atoms with Crippen molar-refractivity contribution in [1.82, 2.24) is 14.8 Å². The van der Waals surface area contributed by atoms with E-state index in [0.717, 1.165) is 29.3 Å². The number of carbonyl (C=O) groups excluding carboxylic acids is 1. The van der Waals surface area contributed by atoms with Crippen LogP contribution >= 0.6 is 11.3 Å². The van der Waals surface area contributed by atoms with Crippen molar-refractivity contribution >= 4 is 28.2 Å². The molecule has 0 aliphatic carbocycles. The van der Waals surface area contributed by atoms with Gasteiger partial charge >= 0.3 is 6.03 Å². The molecule has 0 aromatic carbocycles. The van der Waals surface area contributed by atoms with Crippen LogP contribution in [-0.4, -0.2) is 20.8 Å². The molecule has 0 aliphatic heterocycles. The van der Waals surface area contributed by atoms with E-state index in [1.165, 1.54) is 11.3 Å². The first-order valence-electron chi connectivity index (χ1n) is 6.99. The molecular weight excluding hydrogens is 286 g/mol. The van der Waals surface area contributed by atoms with E-state index in [4.69, 9.17) is 0 Å². The average molecular weight is 307 g/mol. The van der Waals surface area contributed by atoms with Crippen LogP contribution in [0.15, 0.2) is 5.38 Å². The molecule has 2 amide bonds. The van der Waals surface area contributed by atoms with Crippen molar-refractivity contribution in [3.63, 3.8) is 0 Å². The van der Waals surface area contributed by atoms with Gasteiger partial charge in [-0.2, -0.15) is 5.10 Å². The Morgan fingerprint density at radius 3 is 2.62 bits per heavy atom. The van der Waals surface area contributed by atoms with Crippen LogP contribution in [0.1, 0.15) is 43.8 Å². The number of rotatable bonds is 4. The maximum Gasteiger partial charge on any atom is 0.325 e. The van der Waals surface area contributed by atoms with Crippen LogP contribution in [0.4, 0.5) is 15.6 Å². The molecule has 0 radical (unpaired) electrons. The fourth-order valence-corrected chi connectivity index (χ4v) is 2.90. The lowest BCUT2D eigenvalue weighted by Gasteiger charge is -2.06. The van der Waals surface area contributed by atoms with E-state index in [2.05, 4.69) is 34.6 Å². The lowest BCUT2D eigenvalue weighted by atomic mass is 10.2. The number of aryl methyl sites for hydroxylation is 2. The first kappa shape index (κ1) is 15.5. The summed E-state index contributed by atoms with van der Waals surface area (Å²) in [4.78, 5) is 16.5. The minimum Gasteiger partial charge on any atom is -0.304 e. The second-order valence-corrected chi connectivity index (χ2v) is 6.03. The number of nitrogens with zero attached hydrogens (tertiary/aromatic N) is 3. The Balaban J connectivity index is 2.06. The van der Waals surface area contributed by atoms with Gasteiger partial charge in [0.2, 0.25) is 0 Å². The molecule has 0 aliphatic rings. The summed E-state index contributed by atoms with van der Waals surface area (Å²) in [5.74, 6) is 0.354. The molecule has 21 heavy (non-hydrogen) atoms. The molecule has 114 valence electrons. The van der Waals surface area contributed by atoms with Gasteiger partial charge in [-0.05, 0) is 26.7 Å². The van der Waals surface area contributed by atoms with Crippen molar-refractivity contribution in [3.8, 4) is 0 Å². The van der Waals surface area contributed by atoms with Crippen molar-refractivity contribution < 1.29 is 4.79 Å². The minimum atomic E-state index is -0.290. The molecule has 0 saturated carbocycles. The number of thiazole rings is 1. The molecule has 0 atom stereocenters. The van der Waals surface area contributed by atoms with E-state index in [1.54, 1.807) is 0 Å². The first-order chi connectivity index (χ1) is 9.92. The molecule has 6 nitrogen and oxygen atoms in total. The van der Waals surface area contributed by atoms with Gasteiger partial charge in [0.05, 0.1) is 22.8 Å². The Kier molecular flexibility index (Phi) is 4.62. The van der Waals surface area contributed by atoms with Crippen molar-refractivity contribution in [2.75, 3.05) is 10.6 Å². The zero-order valence-corrected chi connectivity index (χ0v) is 13.8. The lowest BCUT2D eigenvalue weighted by Crippen LogP contribution is -2.20. The standard InChI is InChI=1S/C14H21N5OS/c1-6-19-10(5)12(9(4)18-19)16-13(20)17-14-15-11(7-21-14)8(2)3/h7-8H,6H2,1-5H3,(H2,15,16,17,20). The van der Waals surface area contributed by atoms with Crippen LogP contribution in [0.5, 0.6) is 0 Å². The van der Waals surface area contributed by atoms with Crippen molar-refractivity contribution in [1.29, 1.82) is 0 Å². The zero-order valence-electron chi connectivity index (χ0n) is 13.0. The van der Waals surface area contributed by atoms with Crippen LogP contribution in [0, 0.1) is 13.8 Å². The lowest BCUT2D eigenvalue weighted by molar-refractivity contribution is 0.262. The number of hydrogen-bond acceptors (Lipinski definition) is 4. The fraction of sp³-hybridized carbons (Fsp3) is 0.500. The molecule has 2 aromatic heterocycles. The van der Waals surface area contributed by atoms with Gasteiger partial charge in [0.25, 0.3) is 0 Å². The predicted molar refractivity (Wildman–Crippen MR) is 86.2 cm³/mol. The quantitative estimate of drug-likeness (QED) is 0.903. The SMILES string of the molecule is CCn1nc(C)c(NC(=O)Nc2nc(C(C)C)cs2)c1C. The third kappa shape index (κ3) is 3.41. The number of aromatic nitrogens is 3. The molecular formula is C14H21N5OS. The topological polar surface area (TPSA) is 71.8 Å². The maximum atomic E-state index is 12.1. The number of urea groups is 1. The summed E-state index contributed by atoms with van der Waals surface area (Å²) in [7, 11) is 0. The third-order valence-corrected chi connectivity index (χ3v) is 4.03. The Labute approximate surface area is 128 Å². The second kappa shape index (κ2) is 6.26. The van der Waals surface area contributed by atoms with Gasteiger partial charge in [0.15, 0.2) is 5.13 Å². The Bertz CT molecular complexity index is 644. The van der Waals surface area contributed by atoms with Gasteiger partial charge in [-0.25, -0.2) is 9.78 Å². The van der Waals surface area contributed by atoms with E-state index in [1.807, 2.05) is 30.8 Å². The highest BCUT2D eigenvalue weighted by atomic mass is 32.1. The van der Waals surface area contributed by atoms with E-state index in [9.17, 15) is 4.79 Å². The summed E-state index contributed by atoms with van der Waals surface area (Å²) in [5.41, 5.74) is 3.51. The van der Waals surface area contributed by atoms with Gasteiger partial charge in [-0.3, -0.25) is 10.00 Å². The summed E-state index contributed by atoms with van der Waals surface area (Å²) in [6.45, 7) is 10.8. The molecule has 0 spiro atoms. The Morgan fingerprint density at radius 2 is 2.10 bits per heavy atom. The molecule has 2 heterocycles. The van der Waals surface area contributed by atoms with Crippen LogP contribution in [0.2, 0.25) is 0 Å². The average Bonchev–Trinajstić information content (AvgIpc) is 2.98. The summed E-state index contributed by atoms with van der Waals surface area (Å²) >= 11 is 1.43. The summed E-state index contributed by atoms with van der Waals surface area (Å²) in [6.07, 6.45) is 0. The number of anilines is 2. The smallest absolute Gasteiger partial charge is 0.304 e. The van der Waals surface area contributed by atoms with E-state index < -0.39 is 0 Å². The molecule has 2 rings (SSSR count). The van der Waals surface area contributed by atoms with Crippen molar-refractivity contribution in [3.05, 3.63) is 22.5 Å². The summed E-state index contributed by atoms with van der Waals surface area (Å²) < 4.78 is 1.87. The molecule has 2 N–H and O–H groups in total. The number of nitrogens with one attached hydrogen (secondary N) is 2. The highest BCUT2D eigenvalue weighted by Crippen LogP contribution is 2.23. The van der Waals surface area contributed by atoms with Gasteiger partial charge in [-0.15, -0.1) is 11.3 Å². The van der Waals surface area contributed by atoms with Crippen molar-refractivity contribution in [2.24, 2.45) is 0 Å². The maximum absolute atomic E-state index is 12.1. The summed E-state index contributed by atoms with van der Waals surface area (Å²) in [5, 5.41) is 12.6. The molecule has 7 heteroatoms. The minimum absolute atomic E-state index is 0.290. The monoisotopic (exact) mass is 307 g/mol. The van der Waals surface area contributed by atoms with Crippen molar-refractivity contribution in [2.45, 2.75) is 47.1 Å². The molecule has 2 aromatic rings. The largest absolute Gasteiger partial charge is 0.325 e. The molecule has 0 unspecified atom stereocenters. The second-order valence-electron chi connectivity index (χ2n) is 5.17. The predicted octanol–water partition coefficient (Wildman–Crippen LogP) is 3.74. The summed E-state index contributed by atoms with van der Waals surface area (Å²) in [6, 6.07) is -0.290. The van der Waals surface area contributed by atoms with Crippen LogP contribution < -0.4 is 10.6 Å². The highest BCUT2D eigenvalue weighted by Gasteiger charge is 2.14. The van der Waals surface area contributed by atoms with Crippen LogP contribution in [0.25, 0.3) is 0 Å². The van der Waals surface area contributed by atoms with E-state index in [-0.39, 0.29) is 6.03 Å². The van der Waals surface area contributed by atoms with Crippen LogP contribution in [0.3, 0.4) is 0 Å². The number of amides is 2. The van der Waals surface area contributed by atoms with Gasteiger partial charge in [-0.1, -0.05) is 13.8 Å². The highest BCUT2D eigenvalue weighted by molar-refractivity contribution is 7.13. The third-order valence-electron chi connectivity index (χ3n) is 3.25. The Morgan fingerprint density at radius 1 is 1.38 bits per heavy atom. The zero-order chi connectivity index (χ0) is 15.6. The van der Waals surface area contributed by atoms with Gasteiger partial charge in [0.1, 0.15) is 0 Å². The molecule has 0 fully saturated rings. The van der Waals surface area contributed by atoms with Gasteiger partial charge < -0.3 is 5.32 Å². The van der Waals surface area contributed by atoms with E-state index in [0.29, 0.717) is 11.0 Å². The van der Waals surface area contributed by atoms with E-state index >= 15 is 0 Å². The molecule has 0 bridgehead atoms. The first-order valence-corrected chi connectivity index (χ1v) is 7.87. The number of hydrogen-bond donors (Lipinski definition) is 2. The molecule has 0 saturated heterocycles. The van der Waals surface area contributed by atoms with Gasteiger partial charge in [0, 0.05) is 11.9 Å².